The lowest BCUT2D eigenvalue weighted by atomic mass is 9.93. The summed E-state index contributed by atoms with van der Waals surface area (Å²) in [4.78, 5) is 30.2. The number of hydrogen-bond acceptors (Lipinski definition) is 5. The molecule has 0 amide bonds. The van der Waals surface area contributed by atoms with Gasteiger partial charge in [-0.1, -0.05) is 31.2 Å². The minimum atomic E-state index is -0.0515. The number of benzene rings is 1. The molecule has 3 nitrogen and oxygen atoms in total. The average molecular weight is 289 g/mol. The van der Waals surface area contributed by atoms with E-state index in [-0.39, 0.29) is 11.6 Å². The van der Waals surface area contributed by atoms with E-state index in [9.17, 15) is 9.59 Å². The van der Waals surface area contributed by atoms with Crippen LogP contribution in [0.3, 0.4) is 0 Å². The molecule has 1 aliphatic rings. The molecule has 0 fully saturated rings. The van der Waals surface area contributed by atoms with Crippen molar-refractivity contribution in [2.45, 2.75) is 13.3 Å². The van der Waals surface area contributed by atoms with Crippen molar-refractivity contribution in [3.63, 3.8) is 0 Å². The van der Waals surface area contributed by atoms with Gasteiger partial charge in [-0.25, -0.2) is 0 Å². The average Bonchev–Trinajstić information content (AvgIpc) is 2.87. The third kappa shape index (κ3) is 1.99. The summed E-state index contributed by atoms with van der Waals surface area (Å²) in [6.45, 7) is 2.78. The Morgan fingerprint density at radius 3 is 2.00 bits per heavy atom. The summed E-state index contributed by atoms with van der Waals surface area (Å²) in [7, 11) is 0. The Morgan fingerprint density at radius 1 is 1.00 bits per heavy atom. The molecule has 0 N–H and O–H groups in total. The number of carbonyl (C=O) groups is 2. The molecule has 1 aromatic carbocycles. The molecule has 0 atom stereocenters. The number of rotatable bonds is 2. The molecule has 2 aromatic rings. The first-order chi connectivity index (χ1) is 9.22. The van der Waals surface area contributed by atoms with Crippen molar-refractivity contribution in [3.05, 3.63) is 49.1 Å². The summed E-state index contributed by atoms with van der Waals surface area (Å²) in [6.07, 6.45) is 0.956. The van der Waals surface area contributed by atoms with Gasteiger partial charge in [0.1, 0.15) is 0 Å². The van der Waals surface area contributed by atoms with Crippen molar-refractivity contribution in [1.82, 2.24) is 0 Å². The molecule has 1 aromatic heterocycles. The molecule has 1 heterocycles. The second kappa shape index (κ2) is 4.83. The van der Waals surface area contributed by atoms with Gasteiger partial charge in [0.05, 0.1) is 9.75 Å². The Labute approximate surface area is 118 Å². The first-order valence-electron chi connectivity index (χ1n) is 6.05. The number of fused-ring (bicyclic) bond motifs is 2. The van der Waals surface area contributed by atoms with Gasteiger partial charge < -0.3 is 0 Å². The summed E-state index contributed by atoms with van der Waals surface area (Å²) in [5, 5.41) is 0. The van der Waals surface area contributed by atoms with Gasteiger partial charge in [-0.15, -0.1) is 22.7 Å². The van der Waals surface area contributed by atoms with E-state index in [2.05, 4.69) is 4.99 Å². The van der Waals surface area contributed by atoms with Crippen LogP contribution >= 0.6 is 22.7 Å². The van der Waals surface area contributed by atoms with Crippen LogP contribution in [0.2, 0.25) is 0 Å². The fourth-order valence-corrected chi connectivity index (χ4v) is 4.33. The summed E-state index contributed by atoms with van der Waals surface area (Å²) in [5.74, 6) is -0.103. The minimum absolute atomic E-state index is 0.0515. The molecule has 0 saturated heterocycles. The van der Waals surface area contributed by atoms with Crippen LogP contribution < -0.4 is 3.98 Å². The predicted octanol–water partition coefficient (Wildman–Crippen LogP) is 2.90. The maximum Gasteiger partial charge on any atom is 0.205 e. The third-order valence-electron chi connectivity index (χ3n) is 2.88. The molecule has 19 heavy (non-hydrogen) atoms. The van der Waals surface area contributed by atoms with E-state index < -0.39 is 0 Å². The van der Waals surface area contributed by atoms with Crippen LogP contribution in [0.25, 0.3) is 0 Å². The Bertz CT molecular complexity index is 684. The molecule has 0 radical (unpaired) electrons. The van der Waals surface area contributed by atoms with Gasteiger partial charge in [0, 0.05) is 17.7 Å². The fourth-order valence-electron chi connectivity index (χ4n) is 1.98. The number of ketones is 2. The minimum Gasteiger partial charge on any atom is -0.288 e. The second-order valence-electron chi connectivity index (χ2n) is 4.21. The zero-order chi connectivity index (χ0) is 13.4. The van der Waals surface area contributed by atoms with Gasteiger partial charge in [0.25, 0.3) is 0 Å². The zero-order valence-corrected chi connectivity index (χ0v) is 11.9. The van der Waals surface area contributed by atoms with Crippen LogP contribution in [0.1, 0.15) is 43.8 Å². The smallest absolute Gasteiger partial charge is 0.205 e. The van der Waals surface area contributed by atoms with E-state index in [1.807, 2.05) is 6.92 Å². The number of carbonyl (C=O) groups excluding carboxylic acids is 2. The lowest BCUT2D eigenvalue weighted by Crippen LogP contribution is -2.17. The first-order valence-corrected chi connectivity index (χ1v) is 7.68. The van der Waals surface area contributed by atoms with Gasteiger partial charge in [0.15, 0.2) is 3.98 Å². The van der Waals surface area contributed by atoms with Gasteiger partial charge in [0.2, 0.25) is 11.6 Å². The van der Waals surface area contributed by atoms with Gasteiger partial charge in [-0.05, 0) is 6.42 Å². The summed E-state index contributed by atoms with van der Waals surface area (Å²) in [5.41, 5.74) is 1.02. The van der Waals surface area contributed by atoms with Crippen molar-refractivity contribution in [2.75, 3.05) is 6.54 Å². The largest absolute Gasteiger partial charge is 0.288 e. The molecule has 96 valence electrons. The number of nitrogens with zero attached hydrogens (tertiary/aromatic N) is 1. The van der Waals surface area contributed by atoms with Crippen LogP contribution in [-0.4, -0.2) is 18.1 Å². The quantitative estimate of drug-likeness (QED) is 0.728. The Kier molecular flexibility index (Phi) is 3.16. The van der Waals surface area contributed by atoms with Crippen LogP contribution in [0.15, 0.2) is 29.3 Å². The van der Waals surface area contributed by atoms with E-state index in [1.165, 1.54) is 22.7 Å². The Morgan fingerprint density at radius 2 is 1.53 bits per heavy atom. The highest BCUT2D eigenvalue weighted by atomic mass is 32.2. The zero-order valence-electron chi connectivity index (χ0n) is 10.3. The Balaban J connectivity index is 2.18. The van der Waals surface area contributed by atoms with E-state index in [4.69, 9.17) is 0 Å². The normalized spacial score (nSPS) is 13.1. The highest BCUT2D eigenvalue weighted by molar-refractivity contribution is 7.30. The molecule has 0 unspecified atom stereocenters. The fraction of sp³-hybridized carbons (Fsp3) is 0.214. The van der Waals surface area contributed by atoms with Crippen molar-refractivity contribution >= 4 is 34.2 Å². The van der Waals surface area contributed by atoms with Gasteiger partial charge in [-0.2, -0.15) is 0 Å². The topological polar surface area (TPSA) is 46.5 Å². The highest BCUT2D eigenvalue weighted by Crippen LogP contribution is 2.31. The van der Waals surface area contributed by atoms with Crippen LogP contribution in [0.4, 0.5) is 0 Å². The van der Waals surface area contributed by atoms with Gasteiger partial charge >= 0.3 is 0 Å². The van der Waals surface area contributed by atoms with Crippen molar-refractivity contribution in [1.29, 1.82) is 0 Å². The summed E-state index contributed by atoms with van der Waals surface area (Å²) < 4.78 is 0.807. The van der Waals surface area contributed by atoms with Crippen LogP contribution in [0.5, 0.6) is 0 Å². The van der Waals surface area contributed by atoms with Gasteiger partial charge in [-0.3, -0.25) is 14.6 Å². The molecule has 0 spiro atoms. The number of hydrogen-bond donors (Lipinski definition) is 0. The van der Waals surface area contributed by atoms with Crippen molar-refractivity contribution in [2.24, 2.45) is 4.99 Å². The van der Waals surface area contributed by atoms with Crippen molar-refractivity contribution < 1.29 is 9.59 Å². The van der Waals surface area contributed by atoms with E-state index in [0.29, 0.717) is 20.9 Å². The summed E-state index contributed by atoms with van der Waals surface area (Å²) in [6, 6.07) is 7.00. The first kappa shape index (κ1) is 12.4. The molecule has 0 saturated carbocycles. The maximum atomic E-state index is 12.4. The third-order valence-corrected chi connectivity index (χ3v) is 5.30. The van der Waals surface area contributed by atoms with Crippen molar-refractivity contribution in [3.8, 4) is 0 Å². The monoisotopic (exact) mass is 289 g/mol. The lowest BCUT2D eigenvalue weighted by Gasteiger charge is -2.12. The molecule has 5 heteroatoms. The maximum absolute atomic E-state index is 12.4. The molecular weight excluding hydrogens is 278 g/mol. The van der Waals surface area contributed by atoms with E-state index in [0.717, 1.165) is 17.0 Å². The summed E-state index contributed by atoms with van der Waals surface area (Å²) >= 11 is 2.66. The molecular formula is C14H11NO2S2. The van der Waals surface area contributed by atoms with Crippen LogP contribution in [-0.2, 0) is 0 Å². The SMILES string of the molecule is CCCN=c1sc2c(s1)C(=O)c1ccccc1C2=O. The van der Waals surface area contributed by atoms with E-state index >= 15 is 0 Å². The second-order valence-corrected chi connectivity index (χ2v) is 6.47. The molecule has 0 aliphatic heterocycles. The lowest BCUT2D eigenvalue weighted by molar-refractivity contribution is 0.0985. The Hall–Kier alpha value is -1.59. The molecule has 0 bridgehead atoms. The van der Waals surface area contributed by atoms with E-state index in [1.54, 1.807) is 24.3 Å². The molecule has 3 rings (SSSR count). The standard InChI is InChI=1S/C14H11NO2S2/c1-2-7-15-14-18-12-10(16)8-5-3-4-6-9(8)11(17)13(12)19-14/h3-6H,2,7H2,1H3. The predicted molar refractivity (Wildman–Crippen MR) is 76.2 cm³/mol. The highest BCUT2D eigenvalue weighted by Gasteiger charge is 2.31. The molecule has 1 aliphatic carbocycles. The van der Waals surface area contributed by atoms with Crippen LogP contribution in [0, 0.1) is 0 Å².